The third-order valence-electron chi connectivity index (χ3n) is 1.61. The Morgan fingerprint density at radius 1 is 1.25 bits per heavy atom. The number of hydrogen-bond donors (Lipinski definition) is 0. The smallest absolute Gasteiger partial charge is 0.330 e. The maximum atomic E-state index is 10.8. The molecule has 0 aliphatic rings. The van der Waals surface area contributed by atoms with Crippen LogP contribution in [0.2, 0.25) is 6.04 Å². The van der Waals surface area contributed by atoms with E-state index >= 15 is 0 Å². The molecule has 5 heteroatoms. The van der Waals surface area contributed by atoms with E-state index in [1.807, 2.05) is 27.7 Å². The molecule has 0 aromatic rings. The van der Waals surface area contributed by atoms with E-state index in [1.165, 1.54) is 0 Å². The summed E-state index contributed by atoms with van der Waals surface area (Å²) < 4.78 is 16.3. The second-order valence-electron chi connectivity index (χ2n) is 3.96. The molecule has 0 heterocycles. The van der Waals surface area contributed by atoms with Crippen LogP contribution in [0.1, 0.15) is 27.7 Å². The summed E-state index contributed by atoms with van der Waals surface area (Å²) in [5.41, 5.74) is 0. The van der Waals surface area contributed by atoms with Gasteiger partial charge in [0.2, 0.25) is 0 Å². The summed E-state index contributed by atoms with van der Waals surface area (Å²) in [6.07, 6.45) is 1.44. The molecule has 0 N–H and O–H groups in total. The van der Waals surface area contributed by atoms with Crippen molar-refractivity contribution in [1.29, 1.82) is 0 Å². The molecule has 0 aliphatic carbocycles. The van der Waals surface area contributed by atoms with Crippen LogP contribution in [0.5, 0.6) is 0 Å². The van der Waals surface area contributed by atoms with E-state index in [0.29, 0.717) is 12.7 Å². The first kappa shape index (κ1) is 15.3. The highest BCUT2D eigenvalue weighted by molar-refractivity contribution is 6.44. The van der Waals surface area contributed by atoms with Gasteiger partial charge in [0.15, 0.2) is 0 Å². The Balaban J connectivity index is 3.91. The predicted molar refractivity (Wildman–Crippen MR) is 65.6 cm³/mol. The quantitative estimate of drug-likeness (QED) is 0.372. The molecule has 0 radical (unpaired) electrons. The van der Waals surface area contributed by atoms with Gasteiger partial charge >= 0.3 is 15.3 Å². The minimum atomic E-state index is -1.73. The van der Waals surface area contributed by atoms with Crippen LogP contribution in [0, 0.1) is 0 Å². The van der Waals surface area contributed by atoms with Crippen LogP contribution >= 0.6 is 0 Å². The fourth-order valence-electron chi connectivity index (χ4n) is 1.09. The molecule has 0 unspecified atom stereocenters. The lowest BCUT2D eigenvalue weighted by Crippen LogP contribution is -2.30. The average Bonchev–Trinajstić information content (AvgIpc) is 2.15. The van der Waals surface area contributed by atoms with E-state index in [-0.39, 0.29) is 12.2 Å². The maximum Gasteiger partial charge on any atom is 0.330 e. The lowest BCUT2D eigenvalue weighted by atomic mass is 10.5. The van der Waals surface area contributed by atoms with Gasteiger partial charge in [-0.1, -0.05) is 6.58 Å². The summed E-state index contributed by atoms with van der Waals surface area (Å²) in [6.45, 7) is 11.6. The summed E-state index contributed by atoms with van der Waals surface area (Å²) in [7, 11) is -1.73. The topological polar surface area (TPSA) is 44.8 Å². The van der Waals surface area contributed by atoms with Gasteiger partial charge in [-0.05, 0) is 27.7 Å². The number of hydrogen-bond acceptors (Lipinski definition) is 4. The van der Waals surface area contributed by atoms with E-state index in [2.05, 4.69) is 6.58 Å². The standard InChI is InChI=1S/C11H22O4Si/c1-6-11(12)13-7-8-16(14-9(2)3)15-10(4)5/h6,9-10,16H,1,7-8H2,2-5H3. The van der Waals surface area contributed by atoms with Gasteiger partial charge in [0.25, 0.3) is 0 Å². The van der Waals surface area contributed by atoms with Crippen LogP contribution < -0.4 is 0 Å². The Labute approximate surface area is 99.4 Å². The van der Waals surface area contributed by atoms with Gasteiger partial charge in [0.1, 0.15) is 0 Å². The van der Waals surface area contributed by atoms with Crippen molar-refractivity contribution in [3.8, 4) is 0 Å². The zero-order valence-corrected chi connectivity index (χ0v) is 11.7. The number of rotatable bonds is 8. The normalized spacial score (nSPS) is 11.2. The van der Waals surface area contributed by atoms with E-state index in [0.717, 1.165) is 6.08 Å². The molecule has 94 valence electrons. The fraction of sp³-hybridized carbons (Fsp3) is 0.727. The van der Waals surface area contributed by atoms with Crippen molar-refractivity contribution in [2.75, 3.05) is 6.61 Å². The monoisotopic (exact) mass is 246 g/mol. The molecule has 0 fully saturated rings. The lowest BCUT2D eigenvalue weighted by Gasteiger charge is -2.21. The zero-order chi connectivity index (χ0) is 12.6. The number of carbonyl (C=O) groups excluding carboxylic acids is 1. The van der Waals surface area contributed by atoms with Gasteiger partial charge < -0.3 is 13.6 Å². The molecule has 0 amide bonds. The van der Waals surface area contributed by atoms with Crippen molar-refractivity contribution in [2.24, 2.45) is 0 Å². The molecular weight excluding hydrogens is 224 g/mol. The summed E-state index contributed by atoms with van der Waals surface area (Å²) in [4.78, 5) is 10.8. The van der Waals surface area contributed by atoms with E-state index < -0.39 is 15.3 Å². The molecule has 0 rings (SSSR count). The summed E-state index contributed by atoms with van der Waals surface area (Å²) in [6, 6.07) is 0.663. The molecule has 0 aliphatic heterocycles. The number of esters is 1. The average molecular weight is 246 g/mol. The van der Waals surface area contributed by atoms with E-state index in [9.17, 15) is 4.79 Å². The third-order valence-corrected chi connectivity index (χ3v) is 4.02. The zero-order valence-electron chi connectivity index (χ0n) is 10.6. The van der Waals surface area contributed by atoms with Crippen molar-refractivity contribution in [2.45, 2.75) is 45.9 Å². The fourth-order valence-corrected chi connectivity index (χ4v) is 2.95. The Bertz CT molecular complexity index is 206. The summed E-state index contributed by atoms with van der Waals surface area (Å²) >= 11 is 0. The van der Waals surface area contributed by atoms with Crippen LogP contribution in [0.4, 0.5) is 0 Å². The molecule has 0 aromatic heterocycles. The largest absolute Gasteiger partial charge is 0.463 e. The first-order valence-corrected chi connectivity index (χ1v) is 7.31. The van der Waals surface area contributed by atoms with Crippen LogP contribution in [0.15, 0.2) is 12.7 Å². The SMILES string of the molecule is C=CC(=O)OCC[SiH](OC(C)C)OC(C)C. The van der Waals surface area contributed by atoms with Crippen molar-refractivity contribution in [3.05, 3.63) is 12.7 Å². The molecule has 0 saturated heterocycles. The molecular formula is C11H22O4Si. The van der Waals surface area contributed by atoms with Crippen LogP contribution in [-0.4, -0.2) is 34.1 Å². The van der Waals surface area contributed by atoms with Gasteiger partial charge in [-0.15, -0.1) is 0 Å². The van der Waals surface area contributed by atoms with Gasteiger partial charge in [0, 0.05) is 24.3 Å². The second kappa shape index (κ2) is 8.49. The maximum absolute atomic E-state index is 10.8. The third kappa shape index (κ3) is 8.64. The minimum absolute atomic E-state index is 0.144. The molecule has 0 saturated carbocycles. The molecule has 0 atom stereocenters. The highest BCUT2D eigenvalue weighted by Gasteiger charge is 2.17. The minimum Gasteiger partial charge on any atom is -0.463 e. The van der Waals surface area contributed by atoms with E-state index in [1.54, 1.807) is 0 Å². The lowest BCUT2D eigenvalue weighted by molar-refractivity contribution is -0.137. The van der Waals surface area contributed by atoms with Gasteiger partial charge in [-0.2, -0.15) is 0 Å². The van der Waals surface area contributed by atoms with Crippen molar-refractivity contribution < 1.29 is 18.4 Å². The Morgan fingerprint density at radius 3 is 2.12 bits per heavy atom. The Hall–Kier alpha value is -0.653. The highest BCUT2D eigenvalue weighted by atomic mass is 28.3. The van der Waals surface area contributed by atoms with Crippen molar-refractivity contribution >= 4 is 15.3 Å². The highest BCUT2D eigenvalue weighted by Crippen LogP contribution is 2.05. The molecule has 16 heavy (non-hydrogen) atoms. The first-order chi connectivity index (χ1) is 7.45. The molecule has 4 nitrogen and oxygen atoms in total. The number of carbonyl (C=O) groups is 1. The first-order valence-electron chi connectivity index (χ1n) is 5.55. The Kier molecular flexibility index (Phi) is 8.15. The Morgan fingerprint density at radius 2 is 1.75 bits per heavy atom. The second-order valence-corrected chi connectivity index (χ2v) is 5.94. The van der Waals surface area contributed by atoms with Crippen LogP contribution in [0.25, 0.3) is 0 Å². The molecule has 0 aromatic carbocycles. The van der Waals surface area contributed by atoms with Crippen molar-refractivity contribution in [3.63, 3.8) is 0 Å². The van der Waals surface area contributed by atoms with Gasteiger partial charge in [-0.25, -0.2) is 4.79 Å². The van der Waals surface area contributed by atoms with Crippen LogP contribution in [-0.2, 0) is 18.4 Å². The van der Waals surface area contributed by atoms with Crippen molar-refractivity contribution in [1.82, 2.24) is 0 Å². The molecule has 0 bridgehead atoms. The van der Waals surface area contributed by atoms with Crippen LogP contribution in [0.3, 0.4) is 0 Å². The van der Waals surface area contributed by atoms with E-state index in [4.69, 9.17) is 13.6 Å². The summed E-state index contributed by atoms with van der Waals surface area (Å²) in [5, 5.41) is 0. The van der Waals surface area contributed by atoms with Gasteiger partial charge in [-0.3, -0.25) is 0 Å². The summed E-state index contributed by atoms with van der Waals surface area (Å²) in [5.74, 6) is -0.401. The van der Waals surface area contributed by atoms with Gasteiger partial charge in [0.05, 0.1) is 6.61 Å². The molecule has 0 spiro atoms. The predicted octanol–water partition coefficient (Wildman–Crippen LogP) is 1.79. The number of ether oxygens (including phenoxy) is 1.